The average Bonchev–Trinajstić information content (AvgIpc) is 3.19. The van der Waals surface area contributed by atoms with E-state index in [0.29, 0.717) is 18.2 Å². The fourth-order valence-electron chi connectivity index (χ4n) is 3.28. The molecule has 23 heavy (non-hydrogen) atoms. The van der Waals surface area contributed by atoms with Gasteiger partial charge in [-0.1, -0.05) is 36.8 Å². The van der Waals surface area contributed by atoms with Crippen LogP contribution in [0.1, 0.15) is 40.3 Å². The Hall–Kier alpha value is -1.72. The van der Waals surface area contributed by atoms with Gasteiger partial charge in [-0.05, 0) is 37.3 Å². The lowest BCUT2D eigenvalue weighted by molar-refractivity contribution is 0.0923. The first-order chi connectivity index (χ1) is 11.3. The van der Waals surface area contributed by atoms with E-state index < -0.39 is 0 Å². The molecule has 0 saturated heterocycles. The van der Waals surface area contributed by atoms with Crippen molar-refractivity contribution in [3.63, 3.8) is 0 Å². The highest BCUT2D eigenvalue weighted by Crippen LogP contribution is 2.29. The average molecular weight is 329 g/mol. The van der Waals surface area contributed by atoms with Crippen molar-refractivity contribution < 1.29 is 4.79 Å². The molecule has 2 unspecified atom stereocenters. The Kier molecular flexibility index (Phi) is 5.41. The number of nitrogens with zero attached hydrogens (tertiary/aromatic N) is 1. The summed E-state index contributed by atoms with van der Waals surface area (Å²) >= 11 is 1.51. The number of rotatable bonds is 6. The van der Waals surface area contributed by atoms with Gasteiger partial charge in [-0.2, -0.15) is 0 Å². The highest BCUT2D eigenvalue weighted by molar-refractivity contribution is 7.09. The molecule has 1 aromatic carbocycles. The molecule has 5 heteroatoms. The summed E-state index contributed by atoms with van der Waals surface area (Å²) in [4.78, 5) is 16.8. The highest BCUT2D eigenvalue weighted by Gasteiger charge is 2.29. The molecular formula is C18H23N3OS. The number of hydrogen-bond acceptors (Lipinski definition) is 4. The number of aromatic nitrogens is 1. The molecular weight excluding hydrogens is 306 g/mol. The van der Waals surface area contributed by atoms with Crippen LogP contribution in [0.2, 0.25) is 0 Å². The zero-order chi connectivity index (χ0) is 16.1. The van der Waals surface area contributed by atoms with Gasteiger partial charge in [0.2, 0.25) is 0 Å². The summed E-state index contributed by atoms with van der Waals surface area (Å²) in [5.74, 6) is 0.470. The minimum absolute atomic E-state index is 0.0468. The normalized spacial score (nSPS) is 20.6. The molecule has 1 saturated carbocycles. The van der Waals surface area contributed by atoms with E-state index in [1.54, 1.807) is 0 Å². The van der Waals surface area contributed by atoms with E-state index in [9.17, 15) is 4.79 Å². The summed E-state index contributed by atoms with van der Waals surface area (Å²) in [7, 11) is 0. The third-order valence-electron chi connectivity index (χ3n) is 4.46. The summed E-state index contributed by atoms with van der Waals surface area (Å²) in [6, 6.07) is 10.8. The van der Waals surface area contributed by atoms with Crippen molar-refractivity contribution in [1.82, 2.24) is 10.3 Å². The Morgan fingerprint density at radius 3 is 2.91 bits per heavy atom. The smallest absolute Gasteiger partial charge is 0.270 e. The van der Waals surface area contributed by atoms with Crippen molar-refractivity contribution in [3.8, 4) is 0 Å². The van der Waals surface area contributed by atoms with Crippen molar-refractivity contribution in [2.75, 3.05) is 6.54 Å². The van der Waals surface area contributed by atoms with Crippen LogP contribution < -0.4 is 11.1 Å². The van der Waals surface area contributed by atoms with Crippen molar-refractivity contribution >= 4 is 17.2 Å². The van der Waals surface area contributed by atoms with Crippen LogP contribution in [0.3, 0.4) is 0 Å². The maximum atomic E-state index is 12.4. The first kappa shape index (κ1) is 16.1. The number of nitrogens with one attached hydrogen (secondary N) is 1. The third kappa shape index (κ3) is 4.18. The van der Waals surface area contributed by atoms with Gasteiger partial charge in [0.05, 0.1) is 5.01 Å². The summed E-state index contributed by atoms with van der Waals surface area (Å²) < 4.78 is 0. The van der Waals surface area contributed by atoms with Gasteiger partial charge >= 0.3 is 0 Å². The molecule has 1 heterocycles. The lowest BCUT2D eigenvalue weighted by Gasteiger charge is -2.20. The van der Waals surface area contributed by atoms with Gasteiger partial charge < -0.3 is 11.1 Å². The summed E-state index contributed by atoms with van der Waals surface area (Å²) in [5.41, 5.74) is 7.41. The molecule has 2 atom stereocenters. The number of carbonyl (C=O) groups excluding carboxylic acids is 1. The zero-order valence-electron chi connectivity index (χ0n) is 13.2. The van der Waals surface area contributed by atoms with Gasteiger partial charge in [0.1, 0.15) is 5.69 Å². The maximum absolute atomic E-state index is 12.4. The predicted octanol–water partition coefficient (Wildman–Crippen LogP) is 2.79. The van der Waals surface area contributed by atoms with Crippen molar-refractivity contribution in [3.05, 3.63) is 52.0 Å². The van der Waals surface area contributed by atoms with Gasteiger partial charge in [0.25, 0.3) is 5.91 Å². The SMILES string of the molecule is NCCc1nc(C(=O)NC2CCCC2Cc2ccccc2)cs1. The number of carbonyl (C=O) groups is 1. The molecule has 4 nitrogen and oxygen atoms in total. The fourth-order valence-corrected chi connectivity index (χ4v) is 4.08. The van der Waals surface area contributed by atoms with E-state index >= 15 is 0 Å². The quantitative estimate of drug-likeness (QED) is 0.856. The molecule has 1 fully saturated rings. The molecule has 2 aromatic rings. The maximum Gasteiger partial charge on any atom is 0.270 e. The molecule has 0 aliphatic heterocycles. The Morgan fingerprint density at radius 2 is 2.13 bits per heavy atom. The molecule has 0 radical (unpaired) electrons. The van der Waals surface area contributed by atoms with E-state index in [-0.39, 0.29) is 11.9 Å². The molecule has 3 N–H and O–H groups in total. The third-order valence-corrected chi connectivity index (χ3v) is 5.37. The van der Waals surface area contributed by atoms with Crippen LogP contribution in [0.4, 0.5) is 0 Å². The van der Waals surface area contributed by atoms with Gasteiger partial charge in [-0.25, -0.2) is 4.98 Å². The highest BCUT2D eigenvalue weighted by atomic mass is 32.1. The number of thiazole rings is 1. The van der Waals surface area contributed by atoms with E-state index in [0.717, 1.165) is 24.3 Å². The Labute approximate surface area is 141 Å². The minimum Gasteiger partial charge on any atom is -0.348 e. The predicted molar refractivity (Wildman–Crippen MR) is 93.6 cm³/mol. The van der Waals surface area contributed by atoms with Crippen LogP contribution >= 0.6 is 11.3 Å². The number of hydrogen-bond donors (Lipinski definition) is 2. The molecule has 0 spiro atoms. The largest absolute Gasteiger partial charge is 0.348 e. The van der Waals surface area contributed by atoms with Crippen molar-refractivity contribution in [1.29, 1.82) is 0 Å². The van der Waals surface area contributed by atoms with Gasteiger partial charge in [0, 0.05) is 17.8 Å². The van der Waals surface area contributed by atoms with Crippen LogP contribution in [0.5, 0.6) is 0 Å². The van der Waals surface area contributed by atoms with Crippen molar-refractivity contribution in [2.45, 2.75) is 38.1 Å². The fraction of sp³-hybridized carbons (Fsp3) is 0.444. The minimum atomic E-state index is -0.0468. The molecule has 1 amide bonds. The van der Waals surface area contributed by atoms with Crippen LogP contribution in [-0.2, 0) is 12.8 Å². The Morgan fingerprint density at radius 1 is 1.30 bits per heavy atom. The van der Waals surface area contributed by atoms with Crippen LogP contribution in [0.15, 0.2) is 35.7 Å². The second kappa shape index (κ2) is 7.70. The molecule has 122 valence electrons. The Bertz CT molecular complexity index is 641. The van der Waals surface area contributed by atoms with E-state index in [4.69, 9.17) is 5.73 Å². The van der Waals surface area contributed by atoms with E-state index in [1.165, 1.54) is 29.7 Å². The molecule has 1 aromatic heterocycles. The summed E-state index contributed by atoms with van der Waals surface area (Å²) in [6.07, 6.45) is 5.18. The molecule has 0 bridgehead atoms. The topological polar surface area (TPSA) is 68.0 Å². The van der Waals surface area contributed by atoms with Crippen molar-refractivity contribution in [2.24, 2.45) is 11.7 Å². The van der Waals surface area contributed by atoms with E-state index in [1.807, 2.05) is 11.4 Å². The van der Waals surface area contributed by atoms with E-state index in [2.05, 4.69) is 34.6 Å². The number of amides is 1. The molecule has 1 aliphatic rings. The summed E-state index contributed by atoms with van der Waals surface area (Å²) in [5, 5.41) is 5.96. The Balaban J connectivity index is 1.60. The second-order valence-corrected chi connectivity index (χ2v) is 7.07. The van der Waals surface area contributed by atoms with Crippen LogP contribution in [0, 0.1) is 5.92 Å². The first-order valence-corrected chi connectivity index (χ1v) is 9.13. The van der Waals surface area contributed by atoms with Crippen LogP contribution in [0.25, 0.3) is 0 Å². The standard InChI is InChI=1S/C18H23N3OS/c19-10-9-17-20-16(12-23-17)18(22)21-15-8-4-7-14(15)11-13-5-2-1-3-6-13/h1-3,5-6,12,14-15H,4,7-11,19H2,(H,21,22). The zero-order valence-corrected chi connectivity index (χ0v) is 14.0. The lowest BCUT2D eigenvalue weighted by Crippen LogP contribution is -2.38. The monoisotopic (exact) mass is 329 g/mol. The summed E-state index contributed by atoms with van der Waals surface area (Å²) in [6.45, 7) is 0.566. The first-order valence-electron chi connectivity index (χ1n) is 8.25. The molecule has 1 aliphatic carbocycles. The van der Waals surface area contributed by atoms with Gasteiger partial charge in [-0.3, -0.25) is 4.79 Å². The lowest BCUT2D eigenvalue weighted by atomic mass is 9.94. The van der Waals surface area contributed by atoms with Gasteiger partial charge in [-0.15, -0.1) is 11.3 Å². The van der Waals surface area contributed by atoms with Crippen LogP contribution in [-0.4, -0.2) is 23.5 Å². The second-order valence-electron chi connectivity index (χ2n) is 6.13. The number of nitrogens with two attached hydrogens (primary N) is 1. The molecule has 3 rings (SSSR count). The number of benzene rings is 1. The van der Waals surface area contributed by atoms with Gasteiger partial charge in [0.15, 0.2) is 0 Å².